The van der Waals surface area contributed by atoms with Crippen molar-refractivity contribution in [1.82, 2.24) is 19.8 Å². The van der Waals surface area contributed by atoms with Crippen LogP contribution in [-0.2, 0) is 35.8 Å². The molecular weight excluding hydrogens is 708 g/mol. The monoisotopic (exact) mass is 756 g/mol. The van der Waals surface area contributed by atoms with Gasteiger partial charge < -0.3 is 24.1 Å². The van der Waals surface area contributed by atoms with Gasteiger partial charge in [0.1, 0.15) is 29.1 Å². The van der Waals surface area contributed by atoms with Crippen molar-refractivity contribution in [2.75, 3.05) is 12.0 Å². The number of hydrogen-bond donors (Lipinski definition) is 1. The molecule has 2 aromatic carbocycles. The SMILES string of the molecule is C=CC(C)(C)[C@@]12C[C@@H](C(=O)N/C(=C\c3cn(Cc4ccccc4[N+](=O)[O-])cn3)C(=O)OC)N(C(=O)OC(C)(C)C)C1N(C(=O)OC(C)(C)C)c1ccccc12. The van der Waals surface area contributed by atoms with E-state index < -0.39 is 63.2 Å². The van der Waals surface area contributed by atoms with E-state index in [2.05, 4.69) is 16.9 Å². The third-order valence-electron chi connectivity index (χ3n) is 9.75. The Bertz CT molecular complexity index is 2060. The summed E-state index contributed by atoms with van der Waals surface area (Å²) in [5, 5.41) is 14.2. The number of methoxy groups -OCH3 is 1. The first-order valence-electron chi connectivity index (χ1n) is 17.8. The van der Waals surface area contributed by atoms with Gasteiger partial charge >= 0.3 is 18.2 Å². The first kappa shape index (κ1) is 40.2. The number of nitro groups is 1. The number of imidazole rings is 1. The van der Waals surface area contributed by atoms with Crippen LogP contribution < -0.4 is 10.2 Å². The van der Waals surface area contributed by atoms with Crippen molar-refractivity contribution < 1.29 is 38.3 Å². The molecule has 3 aromatic rings. The molecule has 1 unspecified atom stereocenters. The number of carbonyl (C=O) groups excluding carboxylic acids is 4. The Hall–Kier alpha value is -5.99. The summed E-state index contributed by atoms with van der Waals surface area (Å²) in [4.78, 5) is 74.5. The first-order valence-corrected chi connectivity index (χ1v) is 17.8. The van der Waals surface area contributed by atoms with Crippen LogP contribution >= 0.6 is 0 Å². The van der Waals surface area contributed by atoms with E-state index in [-0.39, 0.29) is 30.0 Å². The summed E-state index contributed by atoms with van der Waals surface area (Å²) in [5.74, 6) is -1.65. The van der Waals surface area contributed by atoms with Crippen LogP contribution in [0.5, 0.6) is 0 Å². The zero-order valence-corrected chi connectivity index (χ0v) is 32.6. The van der Waals surface area contributed by atoms with Gasteiger partial charge in [0.05, 0.1) is 36.3 Å². The number of rotatable bonds is 9. The molecule has 3 amide bonds. The third kappa shape index (κ3) is 7.82. The lowest BCUT2D eigenvalue weighted by Crippen LogP contribution is -2.60. The largest absolute Gasteiger partial charge is 0.464 e. The zero-order valence-electron chi connectivity index (χ0n) is 32.6. The predicted octanol–water partition coefficient (Wildman–Crippen LogP) is 6.71. The van der Waals surface area contributed by atoms with E-state index in [4.69, 9.17) is 14.2 Å². The maximum Gasteiger partial charge on any atom is 0.416 e. The Morgan fingerprint density at radius 3 is 2.22 bits per heavy atom. The molecule has 15 nitrogen and oxygen atoms in total. The molecule has 3 heterocycles. The Balaban J connectivity index is 1.60. The number of para-hydroxylation sites is 2. The van der Waals surface area contributed by atoms with Crippen LogP contribution in [0.4, 0.5) is 21.0 Å². The summed E-state index contributed by atoms with van der Waals surface area (Å²) in [5.41, 5.74) is -2.31. The summed E-state index contributed by atoms with van der Waals surface area (Å²) in [6.07, 6.45) is 3.31. The highest BCUT2D eigenvalue weighted by Gasteiger charge is 2.70. The van der Waals surface area contributed by atoms with Crippen molar-refractivity contribution in [2.24, 2.45) is 5.41 Å². The van der Waals surface area contributed by atoms with Gasteiger partial charge in [-0.2, -0.15) is 0 Å². The fourth-order valence-corrected chi connectivity index (χ4v) is 7.28. The molecule has 55 heavy (non-hydrogen) atoms. The molecule has 0 bridgehead atoms. The molecule has 0 saturated carbocycles. The molecule has 0 spiro atoms. The minimum atomic E-state index is -1.29. The van der Waals surface area contributed by atoms with Gasteiger partial charge in [0.25, 0.3) is 5.69 Å². The van der Waals surface area contributed by atoms with Gasteiger partial charge in [-0.3, -0.25) is 24.7 Å². The first-order chi connectivity index (χ1) is 25.6. The average molecular weight is 757 g/mol. The fraction of sp³-hybridized carbons (Fsp3) is 0.425. The molecular formula is C40H48N6O9. The smallest absolute Gasteiger partial charge is 0.416 e. The number of esters is 1. The number of nitrogens with one attached hydrogen (secondary N) is 1. The molecule has 2 aliphatic rings. The van der Waals surface area contributed by atoms with Gasteiger partial charge in [0.2, 0.25) is 5.91 Å². The molecule has 1 N–H and O–H groups in total. The van der Waals surface area contributed by atoms with E-state index >= 15 is 0 Å². The Morgan fingerprint density at radius 1 is 0.982 bits per heavy atom. The van der Waals surface area contributed by atoms with E-state index in [9.17, 15) is 29.3 Å². The topological polar surface area (TPSA) is 175 Å². The number of hydrogen-bond acceptors (Lipinski definition) is 10. The van der Waals surface area contributed by atoms with Crippen molar-refractivity contribution in [3.05, 3.63) is 106 Å². The number of nitro benzene ring substituents is 1. The predicted molar refractivity (Wildman–Crippen MR) is 204 cm³/mol. The van der Waals surface area contributed by atoms with Crippen LogP contribution in [0.2, 0.25) is 0 Å². The van der Waals surface area contributed by atoms with E-state index in [1.807, 2.05) is 26.0 Å². The molecule has 0 radical (unpaired) electrons. The van der Waals surface area contributed by atoms with Crippen molar-refractivity contribution in [2.45, 2.75) is 97.2 Å². The number of fused-ring (bicyclic) bond motifs is 3. The second-order valence-corrected chi connectivity index (χ2v) is 16.1. The highest BCUT2D eigenvalue weighted by molar-refractivity contribution is 6.01. The third-order valence-corrected chi connectivity index (χ3v) is 9.75. The molecule has 292 valence electrons. The fourth-order valence-electron chi connectivity index (χ4n) is 7.28. The Kier molecular flexibility index (Phi) is 10.7. The summed E-state index contributed by atoms with van der Waals surface area (Å²) in [6, 6.07) is 12.3. The molecule has 0 aliphatic carbocycles. The van der Waals surface area contributed by atoms with Gasteiger partial charge in [-0.15, -0.1) is 6.58 Å². The minimum Gasteiger partial charge on any atom is -0.464 e. The minimum absolute atomic E-state index is 0.00297. The molecule has 1 saturated heterocycles. The number of allylic oxidation sites excluding steroid dienone is 1. The van der Waals surface area contributed by atoms with E-state index in [1.54, 1.807) is 88.7 Å². The number of likely N-dealkylation sites (tertiary alicyclic amines) is 1. The van der Waals surface area contributed by atoms with Crippen LogP contribution in [-0.4, -0.2) is 74.0 Å². The van der Waals surface area contributed by atoms with Crippen LogP contribution in [0.1, 0.15) is 78.6 Å². The van der Waals surface area contributed by atoms with E-state index in [0.29, 0.717) is 16.8 Å². The van der Waals surface area contributed by atoms with Gasteiger partial charge in [0, 0.05) is 23.2 Å². The Morgan fingerprint density at radius 2 is 1.60 bits per heavy atom. The van der Waals surface area contributed by atoms with Crippen LogP contribution in [0.25, 0.3) is 6.08 Å². The summed E-state index contributed by atoms with van der Waals surface area (Å²) < 4.78 is 18.4. The van der Waals surface area contributed by atoms with Crippen LogP contribution in [0.15, 0.2) is 79.4 Å². The van der Waals surface area contributed by atoms with Crippen molar-refractivity contribution in [3.63, 3.8) is 0 Å². The number of nitrogens with zero attached hydrogens (tertiary/aromatic N) is 5. The summed E-state index contributed by atoms with van der Waals surface area (Å²) in [6.45, 7) is 18.4. The Labute approximate surface area is 320 Å². The van der Waals surface area contributed by atoms with Crippen LogP contribution in [0.3, 0.4) is 0 Å². The second-order valence-electron chi connectivity index (χ2n) is 16.1. The number of ether oxygens (including phenoxy) is 3. The average Bonchev–Trinajstić information content (AvgIpc) is 3.77. The normalized spacial score (nSPS) is 19.6. The lowest BCUT2D eigenvalue weighted by Gasteiger charge is -2.45. The second kappa shape index (κ2) is 14.7. The van der Waals surface area contributed by atoms with Crippen molar-refractivity contribution in [1.29, 1.82) is 0 Å². The van der Waals surface area contributed by atoms with Crippen molar-refractivity contribution in [3.8, 4) is 0 Å². The van der Waals surface area contributed by atoms with Crippen LogP contribution in [0, 0.1) is 15.5 Å². The summed E-state index contributed by atoms with van der Waals surface area (Å²) >= 11 is 0. The lowest BCUT2D eigenvalue weighted by atomic mass is 9.60. The molecule has 5 rings (SSSR count). The van der Waals surface area contributed by atoms with Gasteiger partial charge in [-0.25, -0.2) is 19.4 Å². The van der Waals surface area contributed by atoms with E-state index in [0.717, 1.165) is 7.11 Å². The van der Waals surface area contributed by atoms with Gasteiger partial charge in [0.15, 0.2) is 0 Å². The highest BCUT2D eigenvalue weighted by Crippen LogP contribution is 2.62. The number of amides is 3. The maximum atomic E-state index is 14.6. The maximum absolute atomic E-state index is 14.6. The number of carbonyl (C=O) groups is 4. The highest BCUT2D eigenvalue weighted by atomic mass is 16.6. The number of benzene rings is 2. The molecule has 15 heteroatoms. The zero-order chi connectivity index (χ0) is 40.7. The molecule has 3 atom stereocenters. The lowest BCUT2D eigenvalue weighted by molar-refractivity contribution is -0.385. The quantitative estimate of drug-likeness (QED) is 0.0617. The summed E-state index contributed by atoms with van der Waals surface area (Å²) in [7, 11) is 1.15. The number of aromatic nitrogens is 2. The standard InChI is InChI=1S/C40H48N6O9/c1-11-39(8,9)40-21-31(32(47)42-28(33(48)53-10)20-26-23-43(24-41-26)22-25-16-12-14-18-29(25)46(51)52)45(36(50)55-38(5,6)7)34(40)44(35(49)54-37(2,3)4)30-19-15-13-17-27(30)40/h11-20,23-24,31,34H,1,21-22H2,2-10H3,(H,42,47)/b28-20-/t31-,34?,40+/m0/s1. The van der Waals surface area contributed by atoms with Gasteiger partial charge in [-0.05, 0) is 71.1 Å². The molecule has 1 aromatic heterocycles. The molecule has 1 fully saturated rings. The number of anilines is 1. The van der Waals surface area contributed by atoms with Crippen molar-refractivity contribution >= 4 is 41.5 Å². The molecule has 2 aliphatic heterocycles. The van der Waals surface area contributed by atoms with Gasteiger partial charge in [-0.1, -0.05) is 56.3 Å². The van der Waals surface area contributed by atoms with E-state index in [1.165, 1.54) is 28.3 Å².